The summed E-state index contributed by atoms with van der Waals surface area (Å²) in [5, 5.41) is 13.8. The zero-order chi connectivity index (χ0) is 11.1. The van der Waals surface area contributed by atoms with Crippen molar-refractivity contribution < 1.29 is 9.84 Å². The Kier molecular flexibility index (Phi) is 5.58. The molecule has 1 rings (SSSR count). The van der Waals surface area contributed by atoms with Crippen molar-refractivity contribution in [2.75, 3.05) is 19.8 Å². The molecule has 0 radical (unpaired) electrons. The molecule has 0 bridgehead atoms. The molecule has 2 N–H and O–H groups in total. The van der Waals surface area contributed by atoms with Gasteiger partial charge in [0.25, 0.3) is 0 Å². The van der Waals surface area contributed by atoms with E-state index in [4.69, 9.17) is 4.74 Å². The second kappa shape index (κ2) is 6.46. The number of ether oxygens (including phenoxy) is 1. The Labute approximate surface area is 93.2 Å². The minimum atomic E-state index is -0.508. The van der Waals surface area contributed by atoms with Crippen LogP contribution in [0.5, 0.6) is 0 Å². The Morgan fingerprint density at radius 3 is 2.47 bits per heavy atom. The number of hydrogen-bond donors (Lipinski definition) is 2. The van der Waals surface area contributed by atoms with Crippen LogP contribution in [0.15, 0.2) is 0 Å². The van der Waals surface area contributed by atoms with Crippen LogP contribution in [0.25, 0.3) is 0 Å². The van der Waals surface area contributed by atoms with Crippen LogP contribution in [0.3, 0.4) is 0 Å². The first kappa shape index (κ1) is 12.9. The van der Waals surface area contributed by atoms with Crippen molar-refractivity contribution in [3.8, 4) is 0 Å². The van der Waals surface area contributed by atoms with Crippen molar-refractivity contribution in [2.24, 2.45) is 0 Å². The lowest BCUT2D eigenvalue weighted by molar-refractivity contribution is 0.0189. The summed E-state index contributed by atoms with van der Waals surface area (Å²) in [6, 6.07) is 0.449. The van der Waals surface area contributed by atoms with Gasteiger partial charge in [0, 0.05) is 19.2 Å². The van der Waals surface area contributed by atoms with Crippen LogP contribution in [-0.4, -0.2) is 36.5 Å². The Balaban J connectivity index is 2.29. The Morgan fingerprint density at radius 1 is 1.33 bits per heavy atom. The van der Waals surface area contributed by atoms with Crippen LogP contribution in [0.2, 0.25) is 0 Å². The lowest BCUT2D eigenvalue weighted by Gasteiger charge is -2.29. The largest absolute Gasteiger partial charge is 0.389 e. The first-order valence-corrected chi connectivity index (χ1v) is 6.23. The second-order valence-electron chi connectivity index (χ2n) is 4.67. The predicted octanol–water partition coefficient (Wildman–Crippen LogP) is 1.70. The molecule has 1 atom stereocenters. The molecule has 1 saturated heterocycles. The molecule has 0 aromatic heterocycles. The lowest BCUT2D eigenvalue weighted by Crippen LogP contribution is -2.44. The number of nitrogens with one attached hydrogen (secondary N) is 1. The molecular formula is C12H25NO2. The van der Waals surface area contributed by atoms with E-state index in [2.05, 4.69) is 19.2 Å². The van der Waals surface area contributed by atoms with E-state index in [-0.39, 0.29) is 0 Å². The van der Waals surface area contributed by atoms with Crippen molar-refractivity contribution in [3.63, 3.8) is 0 Å². The summed E-state index contributed by atoms with van der Waals surface area (Å²) in [6.45, 7) is 6.62. The molecule has 15 heavy (non-hydrogen) atoms. The third kappa shape index (κ3) is 4.49. The fourth-order valence-electron chi connectivity index (χ4n) is 2.26. The summed E-state index contributed by atoms with van der Waals surface area (Å²) < 4.78 is 5.30. The number of aliphatic hydroxyl groups is 1. The molecule has 0 aliphatic carbocycles. The van der Waals surface area contributed by atoms with E-state index in [0.29, 0.717) is 12.6 Å². The topological polar surface area (TPSA) is 41.5 Å². The van der Waals surface area contributed by atoms with Crippen LogP contribution >= 0.6 is 0 Å². The van der Waals surface area contributed by atoms with Gasteiger partial charge in [0.05, 0.1) is 12.2 Å². The van der Waals surface area contributed by atoms with Crippen molar-refractivity contribution in [1.29, 1.82) is 0 Å². The molecule has 0 aromatic carbocycles. The van der Waals surface area contributed by atoms with Gasteiger partial charge in [-0.05, 0) is 19.3 Å². The highest BCUT2D eigenvalue weighted by Crippen LogP contribution is 2.19. The van der Waals surface area contributed by atoms with Crippen molar-refractivity contribution >= 4 is 0 Å². The first-order valence-electron chi connectivity index (χ1n) is 6.23. The zero-order valence-corrected chi connectivity index (χ0v) is 10.1. The van der Waals surface area contributed by atoms with E-state index in [9.17, 15) is 5.11 Å². The summed E-state index contributed by atoms with van der Waals surface area (Å²) in [4.78, 5) is 0. The summed E-state index contributed by atoms with van der Waals surface area (Å²) in [7, 11) is 0. The highest BCUT2D eigenvalue weighted by Gasteiger charge is 2.26. The zero-order valence-electron chi connectivity index (χ0n) is 10.1. The van der Waals surface area contributed by atoms with Gasteiger partial charge in [0.15, 0.2) is 0 Å². The van der Waals surface area contributed by atoms with Crippen molar-refractivity contribution in [1.82, 2.24) is 5.32 Å². The minimum Gasteiger partial charge on any atom is -0.389 e. The van der Waals surface area contributed by atoms with Crippen LogP contribution in [0.4, 0.5) is 0 Å². The molecule has 0 amide bonds. The van der Waals surface area contributed by atoms with E-state index in [0.717, 1.165) is 45.3 Å². The Bertz CT molecular complexity index is 161. The molecule has 1 aliphatic heterocycles. The van der Waals surface area contributed by atoms with Gasteiger partial charge in [-0.2, -0.15) is 0 Å². The number of hydrogen-bond acceptors (Lipinski definition) is 3. The Morgan fingerprint density at radius 2 is 2.00 bits per heavy atom. The fourth-order valence-corrected chi connectivity index (χ4v) is 2.26. The highest BCUT2D eigenvalue weighted by molar-refractivity contribution is 4.83. The smallest absolute Gasteiger partial charge is 0.0771 e. The van der Waals surface area contributed by atoms with Gasteiger partial charge in [0.2, 0.25) is 0 Å². The summed E-state index contributed by atoms with van der Waals surface area (Å²) >= 11 is 0. The standard InChI is InChI=1S/C12H25NO2/c1-3-6-12(14,7-4-2)10-13-11-5-8-15-9-11/h11,13-14H,3-10H2,1-2H3. The van der Waals surface area contributed by atoms with Gasteiger partial charge in [-0.15, -0.1) is 0 Å². The molecule has 3 heteroatoms. The van der Waals surface area contributed by atoms with Crippen molar-refractivity contribution in [2.45, 2.75) is 57.6 Å². The number of rotatable bonds is 7. The SMILES string of the molecule is CCCC(O)(CCC)CNC1CCOC1. The van der Waals surface area contributed by atoms with Gasteiger partial charge in [-0.1, -0.05) is 26.7 Å². The van der Waals surface area contributed by atoms with Crippen LogP contribution in [-0.2, 0) is 4.74 Å². The average molecular weight is 215 g/mol. The molecule has 0 saturated carbocycles. The molecule has 3 nitrogen and oxygen atoms in total. The first-order chi connectivity index (χ1) is 7.20. The third-order valence-electron chi connectivity index (χ3n) is 3.08. The van der Waals surface area contributed by atoms with Gasteiger partial charge in [0.1, 0.15) is 0 Å². The van der Waals surface area contributed by atoms with Gasteiger partial charge < -0.3 is 15.2 Å². The average Bonchev–Trinajstić information content (AvgIpc) is 2.68. The maximum absolute atomic E-state index is 10.4. The monoisotopic (exact) mass is 215 g/mol. The predicted molar refractivity (Wildman–Crippen MR) is 62.0 cm³/mol. The quantitative estimate of drug-likeness (QED) is 0.679. The van der Waals surface area contributed by atoms with E-state index in [1.54, 1.807) is 0 Å². The molecule has 0 aromatic rings. The van der Waals surface area contributed by atoms with E-state index < -0.39 is 5.60 Å². The highest BCUT2D eigenvalue weighted by atomic mass is 16.5. The summed E-state index contributed by atoms with van der Waals surface area (Å²) in [6.07, 6.45) is 4.94. The maximum Gasteiger partial charge on any atom is 0.0771 e. The lowest BCUT2D eigenvalue weighted by atomic mass is 9.92. The summed E-state index contributed by atoms with van der Waals surface area (Å²) in [5.41, 5.74) is -0.508. The molecule has 1 heterocycles. The molecular weight excluding hydrogens is 190 g/mol. The summed E-state index contributed by atoms with van der Waals surface area (Å²) in [5.74, 6) is 0. The van der Waals surface area contributed by atoms with Crippen molar-refractivity contribution in [3.05, 3.63) is 0 Å². The molecule has 1 unspecified atom stereocenters. The van der Waals surface area contributed by atoms with Gasteiger partial charge in [-0.3, -0.25) is 0 Å². The van der Waals surface area contributed by atoms with Crippen LogP contribution in [0.1, 0.15) is 46.0 Å². The van der Waals surface area contributed by atoms with E-state index in [1.807, 2.05) is 0 Å². The van der Waals surface area contributed by atoms with Crippen LogP contribution < -0.4 is 5.32 Å². The van der Waals surface area contributed by atoms with E-state index in [1.165, 1.54) is 0 Å². The minimum absolute atomic E-state index is 0.449. The molecule has 0 spiro atoms. The third-order valence-corrected chi connectivity index (χ3v) is 3.08. The maximum atomic E-state index is 10.4. The van der Waals surface area contributed by atoms with Crippen LogP contribution in [0, 0.1) is 0 Å². The van der Waals surface area contributed by atoms with E-state index >= 15 is 0 Å². The van der Waals surface area contributed by atoms with Gasteiger partial charge >= 0.3 is 0 Å². The normalized spacial score (nSPS) is 22.2. The van der Waals surface area contributed by atoms with Gasteiger partial charge in [-0.25, -0.2) is 0 Å². The molecule has 1 fully saturated rings. The Hall–Kier alpha value is -0.120. The fraction of sp³-hybridized carbons (Fsp3) is 1.00. The second-order valence-corrected chi connectivity index (χ2v) is 4.67. The molecule has 90 valence electrons. The molecule has 1 aliphatic rings.